The van der Waals surface area contributed by atoms with Crippen LogP contribution in [0.3, 0.4) is 0 Å². The summed E-state index contributed by atoms with van der Waals surface area (Å²) in [6, 6.07) is 22.6. The number of hydrogen-bond donors (Lipinski definition) is 0. The van der Waals surface area contributed by atoms with Gasteiger partial charge in [0.25, 0.3) is 0 Å². The molecule has 0 saturated heterocycles. The molecule has 2 saturated carbocycles. The van der Waals surface area contributed by atoms with Crippen LogP contribution < -0.4 is 0 Å². The van der Waals surface area contributed by atoms with Crippen LogP contribution in [0.4, 0.5) is 0 Å². The van der Waals surface area contributed by atoms with Gasteiger partial charge in [0.05, 0.1) is 0 Å². The fraction of sp³-hybridized carbons (Fsp3) is 0.357. The molecule has 2 heteroatoms. The molecule has 0 radical (unpaired) electrons. The van der Waals surface area contributed by atoms with Gasteiger partial charge in [-0.2, -0.15) is 12.1 Å². The molecular formula is C28H32HfSi. The first-order chi connectivity index (χ1) is 14.4. The summed E-state index contributed by atoms with van der Waals surface area (Å²) in [5.74, 6) is 1.73. The van der Waals surface area contributed by atoms with Gasteiger partial charge in [-0.1, -0.05) is 37.1 Å². The van der Waals surface area contributed by atoms with E-state index in [4.69, 9.17) is 0 Å². The van der Waals surface area contributed by atoms with E-state index in [1.165, 1.54) is 81.4 Å². The second kappa shape index (κ2) is 9.49. The molecule has 4 aromatic carbocycles. The summed E-state index contributed by atoms with van der Waals surface area (Å²) in [5.41, 5.74) is 6.19. The fourth-order valence-electron chi connectivity index (χ4n) is 4.32. The number of fused-ring (bicyclic) bond motifs is 2. The van der Waals surface area contributed by atoms with Gasteiger partial charge in [-0.15, -0.1) is 69.1 Å². The van der Waals surface area contributed by atoms with Gasteiger partial charge in [-0.3, -0.25) is 0 Å². The minimum atomic E-state index is 0.259. The maximum Gasteiger partial charge on any atom is -0.0251 e. The number of rotatable bonds is 2. The Kier molecular flexibility index (Phi) is 6.94. The Morgan fingerprint density at radius 1 is 0.733 bits per heavy atom. The van der Waals surface area contributed by atoms with E-state index >= 15 is 0 Å². The van der Waals surface area contributed by atoms with Crippen molar-refractivity contribution in [2.45, 2.75) is 64.5 Å². The van der Waals surface area contributed by atoms with Gasteiger partial charge in [0.15, 0.2) is 0 Å². The van der Waals surface area contributed by atoms with Crippen molar-refractivity contribution in [1.82, 2.24) is 0 Å². The van der Waals surface area contributed by atoms with Gasteiger partial charge in [0.2, 0.25) is 0 Å². The number of aryl methyl sites for hydroxylation is 2. The predicted molar refractivity (Wildman–Crippen MR) is 130 cm³/mol. The minimum Gasteiger partial charge on any atom is -0.165 e. The van der Waals surface area contributed by atoms with E-state index in [1.807, 2.05) is 0 Å². The summed E-state index contributed by atoms with van der Waals surface area (Å²) in [5, 5.41) is 5.81. The predicted octanol–water partition coefficient (Wildman–Crippen LogP) is 8.27. The normalized spacial score (nSPS) is 15.4. The Morgan fingerprint density at radius 3 is 1.43 bits per heavy atom. The van der Waals surface area contributed by atoms with Gasteiger partial charge in [-0.25, -0.2) is 0 Å². The Balaban J connectivity index is 0.000000124. The maximum atomic E-state index is 2.33. The monoisotopic (exact) mass is 576 g/mol. The zero-order valence-electron chi connectivity index (χ0n) is 18.8. The third kappa shape index (κ3) is 5.51. The first-order valence-corrected chi connectivity index (χ1v) is 19.1. The largest absolute Gasteiger partial charge is 0.165 e. The minimum absolute atomic E-state index is 0.259. The second-order valence-corrected chi connectivity index (χ2v) is 22.1. The first kappa shape index (κ1) is 22.0. The third-order valence-electron chi connectivity index (χ3n) is 5.89. The van der Waals surface area contributed by atoms with Crippen LogP contribution in [0.15, 0.2) is 60.7 Å². The van der Waals surface area contributed by atoms with Crippen molar-refractivity contribution in [2.24, 2.45) is 0 Å². The van der Waals surface area contributed by atoms with E-state index < -0.39 is 0 Å². The molecular weight excluding hydrogens is 543 g/mol. The number of benzene rings is 2. The molecule has 0 bridgehead atoms. The molecule has 0 aromatic heterocycles. The van der Waals surface area contributed by atoms with Gasteiger partial charge in [0.1, 0.15) is 0 Å². The molecule has 0 N–H and O–H groups in total. The van der Waals surface area contributed by atoms with Crippen molar-refractivity contribution in [2.75, 3.05) is 0 Å². The Hall–Kier alpha value is -1.25. The zero-order chi connectivity index (χ0) is 21.3. The summed E-state index contributed by atoms with van der Waals surface area (Å²) in [6.07, 6.45) is 5.57. The third-order valence-corrected chi connectivity index (χ3v) is 5.89. The van der Waals surface area contributed by atoms with Crippen molar-refractivity contribution in [3.8, 4) is 0 Å². The first-order valence-electron chi connectivity index (χ1n) is 11.3. The topological polar surface area (TPSA) is 0 Å². The maximum absolute atomic E-state index is 2.33. The smallest absolute Gasteiger partial charge is 0.0251 e. The zero-order valence-corrected chi connectivity index (χ0v) is 23.3. The summed E-state index contributed by atoms with van der Waals surface area (Å²) >= 11 is 1.45. The molecule has 0 nitrogen and oxygen atoms in total. The number of hydrogen-bond acceptors (Lipinski definition) is 0. The van der Waals surface area contributed by atoms with Crippen molar-refractivity contribution < 1.29 is 23.0 Å². The molecule has 0 spiro atoms. The van der Waals surface area contributed by atoms with Crippen LogP contribution in [-0.4, -0.2) is 5.49 Å². The summed E-state index contributed by atoms with van der Waals surface area (Å²) in [6.45, 7) is 9.02. The second-order valence-electron chi connectivity index (χ2n) is 9.31. The van der Waals surface area contributed by atoms with Crippen LogP contribution in [0, 0.1) is 13.8 Å². The van der Waals surface area contributed by atoms with Crippen LogP contribution in [-0.2, 0) is 23.0 Å². The van der Waals surface area contributed by atoms with E-state index in [-0.39, 0.29) is 5.49 Å². The van der Waals surface area contributed by atoms with E-state index in [1.54, 1.807) is 11.1 Å². The van der Waals surface area contributed by atoms with Gasteiger partial charge < -0.3 is 0 Å². The van der Waals surface area contributed by atoms with Gasteiger partial charge in [-0.05, 0) is 37.5 Å². The van der Waals surface area contributed by atoms with E-state index in [2.05, 4.69) is 87.6 Å². The molecule has 0 amide bonds. The molecule has 0 aliphatic heterocycles. The molecule has 2 aliphatic carbocycles. The van der Waals surface area contributed by atoms with Crippen LogP contribution >= 0.6 is 0 Å². The fourth-order valence-corrected chi connectivity index (χ4v) is 4.32. The van der Waals surface area contributed by atoms with Crippen molar-refractivity contribution >= 4 is 27.0 Å². The molecule has 0 unspecified atom stereocenters. The standard InChI is InChI=1S/2C13H13.C2H6Si.Hf/c2*1-9-7-11-3-2-4-12(10-5-6-10)13(11)8-9;1-3-2;/h2*2-4,7-8,10H,5-6H2,1H3;1-2H3;/q2*-1;;+2. The van der Waals surface area contributed by atoms with E-state index in [9.17, 15) is 0 Å². The van der Waals surface area contributed by atoms with Crippen LogP contribution in [0.2, 0.25) is 13.1 Å². The molecule has 4 aromatic rings. The molecule has 0 heterocycles. The SMILES string of the molecule is C[Si](C)=[Hf+2].Cc1cc2c(C3CC3)cccc2[cH-]1.Cc1cc2c(C3CC3)cccc2[cH-]1. The molecule has 2 fully saturated rings. The van der Waals surface area contributed by atoms with Crippen molar-refractivity contribution in [3.63, 3.8) is 0 Å². The Labute approximate surface area is 196 Å². The van der Waals surface area contributed by atoms with Crippen molar-refractivity contribution in [1.29, 1.82) is 0 Å². The molecule has 152 valence electrons. The Morgan fingerprint density at radius 2 is 1.10 bits per heavy atom. The van der Waals surface area contributed by atoms with Crippen LogP contribution in [0.5, 0.6) is 0 Å². The van der Waals surface area contributed by atoms with E-state index in [0.717, 1.165) is 11.8 Å². The van der Waals surface area contributed by atoms with Gasteiger partial charge >= 0.3 is 41.6 Å². The summed E-state index contributed by atoms with van der Waals surface area (Å²) < 4.78 is 0. The average Bonchev–Trinajstić information content (AvgIpc) is 3.60. The van der Waals surface area contributed by atoms with E-state index in [0.29, 0.717) is 0 Å². The quantitative estimate of drug-likeness (QED) is 0.167. The molecule has 0 atom stereocenters. The summed E-state index contributed by atoms with van der Waals surface area (Å²) in [4.78, 5) is 0. The summed E-state index contributed by atoms with van der Waals surface area (Å²) in [7, 11) is 0. The molecule has 2 aliphatic rings. The molecule has 30 heavy (non-hydrogen) atoms. The van der Waals surface area contributed by atoms with Crippen LogP contribution in [0.25, 0.3) is 21.5 Å². The van der Waals surface area contributed by atoms with Crippen LogP contribution in [0.1, 0.15) is 59.8 Å². The molecule has 6 rings (SSSR count). The average molecular weight is 575 g/mol. The van der Waals surface area contributed by atoms with Gasteiger partial charge in [0, 0.05) is 0 Å². The van der Waals surface area contributed by atoms with Crippen molar-refractivity contribution in [3.05, 3.63) is 82.9 Å². The Bertz CT molecular complexity index is 1080.